The van der Waals surface area contributed by atoms with Gasteiger partial charge in [-0.1, -0.05) is 6.07 Å². The summed E-state index contributed by atoms with van der Waals surface area (Å²) in [6.07, 6.45) is 0.526. The summed E-state index contributed by atoms with van der Waals surface area (Å²) in [6.45, 7) is 4.23. The van der Waals surface area contributed by atoms with E-state index in [0.717, 1.165) is 4.88 Å². The quantitative estimate of drug-likeness (QED) is 0.691. The highest BCUT2D eigenvalue weighted by molar-refractivity contribution is 7.19. The van der Waals surface area contributed by atoms with Crippen molar-refractivity contribution in [1.82, 2.24) is 0 Å². The minimum Gasteiger partial charge on any atom is -0.198 e. The van der Waals surface area contributed by atoms with Gasteiger partial charge in [-0.25, -0.2) is 0 Å². The molecule has 14 heavy (non-hydrogen) atoms. The van der Waals surface area contributed by atoms with Gasteiger partial charge in [-0.15, -0.1) is 11.3 Å². The molecule has 0 saturated carbocycles. The second-order valence-corrected chi connectivity index (χ2v) is 4.71. The van der Waals surface area contributed by atoms with Crippen LogP contribution >= 0.6 is 11.3 Å². The van der Waals surface area contributed by atoms with Gasteiger partial charge in [0, 0.05) is 9.58 Å². The van der Waals surface area contributed by atoms with Gasteiger partial charge in [0.25, 0.3) is 0 Å². The minimum atomic E-state index is 0.526. The normalized spacial score (nSPS) is 10.4. The number of aryl methyl sites for hydroxylation is 2. The topological polar surface area (TPSA) is 23.8 Å². The van der Waals surface area contributed by atoms with E-state index in [-0.39, 0.29) is 0 Å². The van der Waals surface area contributed by atoms with E-state index in [1.807, 2.05) is 0 Å². The summed E-state index contributed by atoms with van der Waals surface area (Å²) in [5.41, 5.74) is 2.60. The van der Waals surface area contributed by atoms with E-state index in [1.54, 1.807) is 11.3 Å². The highest BCUT2D eigenvalue weighted by Gasteiger charge is 2.04. The molecule has 0 aliphatic heterocycles. The average Bonchev–Trinajstić information content (AvgIpc) is 2.48. The zero-order chi connectivity index (χ0) is 10.1. The molecule has 1 heterocycles. The molecular formula is C12H11NS. The van der Waals surface area contributed by atoms with E-state index in [4.69, 9.17) is 5.26 Å². The van der Waals surface area contributed by atoms with Gasteiger partial charge in [0.1, 0.15) is 0 Å². The first kappa shape index (κ1) is 9.23. The van der Waals surface area contributed by atoms with Gasteiger partial charge >= 0.3 is 0 Å². The highest BCUT2D eigenvalue weighted by Crippen LogP contribution is 2.29. The summed E-state index contributed by atoms with van der Waals surface area (Å²) in [7, 11) is 0. The van der Waals surface area contributed by atoms with Gasteiger partial charge in [-0.05, 0) is 42.5 Å². The van der Waals surface area contributed by atoms with Crippen LogP contribution in [0.2, 0.25) is 0 Å². The Morgan fingerprint density at radius 1 is 1.29 bits per heavy atom. The predicted octanol–water partition coefficient (Wildman–Crippen LogP) is 3.58. The van der Waals surface area contributed by atoms with Crippen LogP contribution in [0.3, 0.4) is 0 Å². The van der Waals surface area contributed by atoms with Crippen LogP contribution < -0.4 is 0 Å². The van der Waals surface area contributed by atoms with E-state index in [2.05, 4.69) is 38.1 Å². The lowest BCUT2D eigenvalue weighted by molar-refractivity contribution is 1.32. The predicted molar refractivity (Wildman–Crippen MR) is 60.6 cm³/mol. The Morgan fingerprint density at radius 2 is 2.07 bits per heavy atom. The molecule has 1 aromatic heterocycles. The van der Waals surface area contributed by atoms with Crippen LogP contribution in [0.5, 0.6) is 0 Å². The lowest BCUT2D eigenvalue weighted by Crippen LogP contribution is -1.76. The van der Waals surface area contributed by atoms with Crippen LogP contribution in [-0.4, -0.2) is 0 Å². The molecule has 0 unspecified atom stereocenters. The summed E-state index contributed by atoms with van der Waals surface area (Å²) >= 11 is 1.73. The third-order valence-corrected chi connectivity index (χ3v) is 3.37. The molecule has 0 amide bonds. The fourth-order valence-electron chi connectivity index (χ4n) is 1.71. The molecule has 0 aliphatic rings. The summed E-state index contributed by atoms with van der Waals surface area (Å²) in [5, 5.41) is 9.92. The Hall–Kier alpha value is -1.33. The number of thiophene rings is 1. The molecule has 0 aliphatic carbocycles. The van der Waals surface area contributed by atoms with Crippen molar-refractivity contribution in [3.05, 3.63) is 34.2 Å². The van der Waals surface area contributed by atoms with Crippen LogP contribution in [0.25, 0.3) is 10.1 Å². The van der Waals surface area contributed by atoms with Crippen molar-refractivity contribution >= 4 is 21.4 Å². The zero-order valence-electron chi connectivity index (χ0n) is 8.29. The van der Waals surface area contributed by atoms with Crippen molar-refractivity contribution in [1.29, 1.82) is 5.26 Å². The van der Waals surface area contributed by atoms with Gasteiger partial charge in [-0.3, -0.25) is 0 Å². The van der Waals surface area contributed by atoms with E-state index >= 15 is 0 Å². The van der Waals surface area contributed by atoms with E-state index in [0.29, 0.717) is 6.42 Å². The molecule has 2 aromatic rings. The van der Waals surface area contributed by atoms with Crippen LogP contribution in [0.1, 0.15) is 16.0 Å². The number of rotatable bonds is 1. The molecule has 1 nitrogen and oxygen atoms in total. The van der Waals surface area contributed by atoms with Crippen LogP contribution in [0.4, 0.5) is 0 Å². The first-order chi connectivity index (χ1) is 6.70. The molecule has 0 bridgehead atoms. The Balaban J connectivity index is 2.66. The molecule has 0 saturated heterocycles. The second-order valence-electron chi connectivity index (χ2n) is 3.54. The summed E-state index contributed by atoms with van der Waals surface area (Å²) in [6, 6.07) is 8.70. The SMILES string of the molecule is Cc1cc(C)c2cc(CC#N)sc2c1. The van der Waals surface area contributed by atoms with Gasteiger partial charge in [0.2, 0.25) is 0 Å². The first-order valence-corrected chi connectivity index (χ1v) is 5.39. The molecule has 0 atom stereocenters. The summed E-state index contributed by atoms with van der Waals surface area (Å²) < 4.78 is 1.30. The highest BCUT2D eigenvalue weighted by atomic mass is 32.1. The van der Waals surface area contributed by atoms with Crippen molar-refractivity contribution in [2.75, 3.05) is 0 Å². The smallest absolute Gasteiger partial charge is 0.0696 e. The average molecular weight is 201 g/mol. The van der Waals surface area contributed by atoms with E-state index < -0.39 is 0 Å². The van der Waals surface area contributed by atoms with Gasteiger partial charge in [-0.2, -0.15) is 5.26 Å². The zero-order valence-corrected chi connectivity index (χ0v) is 9.11. The maximum absolute atomic E-state index is 8.63. The Morgan fingerprint density at radius 3 is 2.79 bits per heavy atom. The number of nitrogens with zero attached hydrogens (tertiary/aromatic N) is 1. The number of fused-ring (bicyclic) bond motifs is 1. The second kappa shape index (κ2) is 3.43. The molecule has 0 N–H and O–H groups in total. The fraction of sp³-hybridized carbons (Fsp3) is 0.250. The van der Waals surface area contributed by atoms with Crippen molar-refractivity contribution in [2.45, 2.75) is 20.3 Å². The maximum Gasteiger partial charge on any atom is 0.0696 e. The largest absolute Gasteiger partial charge is 0.198 e. The van der Waals surface area contributed by atoms with Crippen LogP contribution in [0, 0.1) is 25.2 Å². The Kier molecular flexibility index (Phi) is 2.26. The van der Waals surface area contributed by atoms with Crippen molar-refractivity contribution in [3.63, 3.8) is 0 Å². The lowest BCUT2D eigenvalue weighted by atomic mass is 10.1. The molecule has 0 spiro atoms. The third-order valence-electron chi connectivity index (χ3n) is 2.29. The van der Waals surface area contributed by atoms with Crippen LogP contribution in [0.15, 0.2) is 18.2 Å². The van der Waals surface area contributed by atoms with Gasteiger partial charge in [0.15, 0.2) is 0 Å². The van der Waals surface area contributed by atoms with Crippen molar-refractivity contribution in [2.24, 2.45) is 0 Å². The Bertz CT molecular complexity index is 517. The number of benzene rings is 1. The monoisotopic (exact) mass is 201 g/mol. The van der Waals surface area contributed by atoms with E-state index in [9.17, 15) is 0 Å². The Labute approximate surface area is 87.6 Å². The summed E-state index contributed by atoms with van der Waals surface area (Å²) in [4.78, 5) is 1.16. The third kappa shape index (κ3) is 1.51. The molecule has 1 aromatic carbocycles. The fourth-order valence-corrected chi connectivity index (χ4v) is 2.88. The lowest BCUT2D eigenvalue weighted by Gasteiger charge is -1.97. The van der Waals surface area contributed by atoms with Gasteiger partial charge < -0.3 is 0 Å². The maximum atomic E-state index is 8.63. The minimum absolute atomic E-state index is 0.526. The molecule has 0 radical (unpaired) electrons. The molecular weight excluding hydrogens is 190 g/mol. The first-order valence-electron chi connectivity index (χ1n) is 4.57. The van der Waals surface area contributed by atoms with Crippen LogP contribution in [-0.2, 0) is 6.42 Å². The number of nitriles is 1. The standard InChI is InChI=1S/C12H11NS/c1-8-5-9(2)11-7-10(3-4-13)14-12(11)6-8/h5-7H,3H2,1-2H3. The van der Waals surface area contributed by atoms with Crippen molar-refractivity contribution in [3.8, 4) is 6.07 Å². The number of hydrogen-bond acceptors (Lipinski definition) is 2. The van der Waals surface area contributed by atoms with Gasteiger partial charge in [0.05, 0.1) is 12.5 Å². The van der Waals surface area contributed by atoms with E-state index in [1.165, 1.54) is 21.2 Å². The molecule has 2 rings (SSSR count). The molecule has 0 fully saturated rings. The number of hydrogen-bond donors (Lipinski definition) is 0. The molecule has 70 valence electrons. The summed E-state index contributed by atoms with van der Waals surface area (Å²) in [5.74, 6) is 0. The van der Waals surface area contributed by atoms with Crippen molar-refractivity contribution < 1.29 is 0 Å². The molecule has 2 heteroatoms.